The van der Waals surface area contributed by atoms with Crippen molar-refractivity contribution in [2.75, 3.05) is 13.7 Å². The molecule has 0 aromatic heterocycles. The molecule has 2 rings (SSSR count). The van der Waals surface area contributed by atoms with Gasteiger partial charge in [-0.2, -0.15) is 0 Å². The van der Waals surface area contributed by atoms with Crippen molar-refractivity contribution in [1.82, 2.24) is 4.90 Å². The second-order valence-electron chi connectivity index (χ2n) is 6.31. The lowest BCUT2D eigenvalue weighted by Gasteiger charge is -2.33. The fourth-order valence-electron chi connectivity index (χ4n) is 3.65. The van der Waals surface area contributed by atoms with Crippen LogP contribution in [0.2, 0.25) is 0 Å². The third kappa shape index (κ3) is 2.87. The van der Waals surface area contributed by atoms with Crippen molar-refractivity contribution in [1.29, 1.82) is 0 Å². The molecule has 3 nitrogen and oxygen atoms in total. The van der Waals surface area contributed by atoms with Crippen LogP contribution in [0, 0.1) is 11.8 Å². The Hall–Kier alpha value is -0.570. The van der Waals surface area contributed by atoms with Crippen LogP contribution in [-0.4, -0.2) is 36.6 Å². The van der Waals surface area contributed by atoms with Crippen LogP contribution in [0.15, 0.2) is 0 Å². The second kappa shape index (κ2) is 6.05. The lowest BCUT2D eigenvalue weighted by Crippen LogP contribution is -2.43. The average molecular weight is 253 g/mol. The molecule has 1 aliphatic heterocycles. The maximum atomic E-state index is 11.9. The van der Waals surface area contributed by atoms with Gasteiger partial charge in [0.1, 0.15) is 6.04 Å². The number of esters is 1. The topological polar surface area (TPSA) is 29.5 Å². The van der Waals surface area contributed by atoms with Gasteiger partial charge in [0.25, 0.3) is 0 Å². The summed E-state index contributed by atoms with van der Waals surface area (Å²) in [6.07, 6.45) is 7.44. The summed E-state index contributed by atoms with van der Waals surface area (Å²) in [7, 11) is 1.52. The first kappa shape index (κ1) is 13.9. The summed E-state index contributed by atoms with van der Waals surface area (Å²) in [6, 6.07) is 0.670. The van der Waals surface area contributed by atoms with Gasteiger partial charge in [0, 0.05) is 6.04 Å². The van der Waals surface area contributed by atoms with Gasteiger partial charge in [0.05, 0.1) is 7.11 Å². The van der Waals surface area contributed by atoms with Gasteiger partial charge >= 0.3 is 5.97 Å². The largest absolute Gasteiger partial charge is 0.468 e. The first-order chi connectivity index (χ1) is 8.63. The van der Waals surface area contributed by atoms with E-state index in [4.69, 9.17) is 4.74 Å². The predicted molar refractivity (Wildman–Crippen MR) is 72.3 cm³/mol. The SMILES string of the molecule is COC(=O)C1CC2CCCCC2N1CCC(C)C. The Morgan fingerprint density at radius 3 is 2.72 bits per heavy atom. The minimum absolute atomic E-state index is 0.0202. The summed E-state index contributed by atoms with van der Waals surface area (Å²) in [4.78, 5) is 14.4. The van der Waals surface area contributed by atoms with E-state index >= 15 is 0 Å². The van der Waals surface area contributed by atoms with E-state index < -0.39 is 0 Å². The van der Waals surface area contributed by atoms with Crippen molar-refractivity contribution in [3.8, 4) is 0 Å². The van der Waals surface area contributed by atoms with Crippen LogP contribution in [0.3, 0.4) is 0 Å². The summed E-state index contributed by atoms with van der Waals surface area (Å²) in [6.45, 7) is 5.56. The van der Waals surface area contributed by atoms with Crippen LogP contribution in [-0.2, 0) is 9.53 Å². The molecular formula is C15H27NO2. The van der Waals surface area contributed by atoms with Crippen molar-refractivity contribution in [3.63, 3.8) is 0 Å². The summed E-state index contributed by atoms with van der Waals surface area (Å²) >= 11 is 0. The molecule has 1 saturated heterocycles. The summed E-state index contributed by atoms with van der Waals surface area (Å²) < 4.78 is 5.00. The third-order valence-corrected chi connectivity index (χ3v) is 4.66. The molecular weight excluding hydrogens is 226 g/mol. The molecule has 0 radical (unpaired) electrons. The van der Waals surface area contributed by atoms with Crippen LogP contribution < -0.4 is 0 Å². The van der Waals surface area contributed by atoms with Crippen LogP contribution in [0.5, 0.6) is 0 Å². The van der Waals surface area contributed by atoms with E-state index in [1.54, 1.807) is 0 Å². The van der Waals surface area contributed by atoms with E-state index in [-0.39, 0.29) is 12.0 Å². The van der Waals surface area contributed by atoms with Gasteiger partial charge < -0.3 is 4.74 Å². The number of hydrogen-bond donors (Lipinski definition) is 0. The van der Waals surface area contributed by atoms with E-state index in [0.29, 0.717) is 12.0 Å². The summed E-state index contributed by atoms with van der Waals surface area (Å²) in [5.41, 5.74) is 0. The normalized spacial score (nSPS) is 32.6. The number of carbonyl (C=O) groups is 1. The number of nitrogens with zero attached hydrogens (tertiary/aromatic N) is 1. The van der Waals surface area contributed by atoms with Crippen molar-refractivity contribution in [3.05, 3.63) is 0 Å². The quantitative estimate of drug-likeness (QED) is 0.722. The molecule has 1 heterocycles. The van der Waals surface area contributed by atoms with Gasteiger partial charge in [-0.05, 0) is 44.1 Å². The third-order valence-electron chi connectivity index (χ3n) is 4.66. The second-order valence-corrected chi connectivity index (χ2v) is 6.31. The Bertz CT molecular complexity index is 290. The fraction of sp³-hybridized carbons (Fsp3) is 0.933. The van der Waals surface area contributed by atoms with Gasteiger partial charge in [-0.25, -0.2) is 0 Å². The van der Waals surface area contributed by atoms with E-state index in [0.717, 1.165) is 18.9 Å². The number of rotatable bonds is 4. The molecule has 0 spiro atoms. The zero-order valence-corrected chi connectivity index (χ0v) is 12.0. The Morgan fingerprint density at radius 2 is 2.06 bits per heavy atom. The molecule has 1 aliphatic carbocycles. The zero-order chi connectivity index (χ0) is 13.1. The van der Waals surface area contributed by atoms with E-state index in [2.05, 4.69) is 18.7 Å². The Kier molecular flexibility index (Phi) is 4.66. The Labute approximate surface area is 111 Å². The maximum absolute atomic E-state index is 11.9. The van der Waals surface area contributed by atoms with Gasteiger partial charge in [0.15, 0.2) is 0 Å². The monoisotopic (exact) mass is 253 g/mol. The minimum Gasteiger partial charge on any atom is -0.468 e. The molecule has 0 aromatic rings. The number of carbonyl (C=O) groups excluding carboxylic acids is 1. The van der Waals surface area contributed by atoms with Gasteiger partial charge in [-0.1, -0.05) is 26.7 Å². The predicted octanol–water partition coefficient (Wildman–Crippen LogP) is 2.84. The molecule has 0 bridgehead atoms. The number of hydrogen-bond acceptors (Lipinski definition) is 3. The lowest BCUT2D eigenvalue weighted by molar-refractivity contribution is -0.146. The van der Waals surface area contributed by atoms with Crippen LogP contribution in [0.4, 0.5) is 0 Å². The van der Waals surface area contributed by atoms with E-state index in [1.807, 2.05) is 0 Å². The van der Waals surface area contributed by atoms with E-state index in [1.165, 1.54) is 39.2 Å². The minimum atomic E-state index is -0.0202. The van der Waals surface area contributed by atoms with Crippen LogP contribution in [0.25, 0.3) is 0 Å². The van der Waals surface area contributed by atoms with E-state index in [9.17, 15) is 4.79 Å². The Balaban J connectivity index is 2.05. The van der Waals surface area contributed by atoms with Crippen molar-refractivity contribution in [2.45, 2.75) is 64.5 Å². The van der Waals surface area contributed by atoms with Crippen molar-refractivity contribution >= 4 is 5.97 Å². The Morgan fingerprint density at radius 1 is 1.33 bits per heavy atom. The number of likely N-dealkylation sites (tertiary alicyclic amines) is 1. The first-order valence-electron chi connectivity index (χ1n) is 7.47. The molecule has 3 heteroatoms. The molecule has 104 valence electrons. The molecule has 1 saturated carbocycles. The molecule has 3 unspecified atom stereocenters. The summed E-state index contributed by atoms with van der Waals surface area (Å²) in [5, 5.41) is 0. The number of methoxy groups -OCH3 is 1. The molecule has 3 atom stereocenters. The van der Waals surface area contributed by atoms with Gasteiger partial charge in [-0.15, -0.1) is 0 Å². The highest BCUT2D eigenvalue weighted by Crippen LogP contribution is 2.40. The zero-order valence-electron chi connectivity index (χ0n) is 12.0. The number of fused-ring (bicyclic) bond motifs is 1. The molecule has 2 fully saturated rings. The van der Waals surface area contributed by atoms with Gasteiger partial charge in [0.2, 0.25) is 0 Å². The van der Waals surface area contributed by atoms with Crippen molar-refractivity contribution < 1.29 is 9.53 Å². The van der Waals surface area contributed by atoms with Crippen LogP contribution >= 0.6 is 0 Å². The molecule has 2 aliphatic rings. The molecule has 0 N–H and O–H groups in total. The number of ether oxygens (including phenoxy) is 1. The smallest absolute Gasteiger partial charge is 0.323 e. The highest BCUT2D eigenvalue weighted by atomic mass is 16.5. The molecule has 0 aromatic carbocycles. The van der Waals surface area contributed by atoms with Crippen molar-refractivity contribution in [2.24, 2.45) is 11.8 Å². The standard InChI is InChI=1S/C15H27NO2/c1-11(2)8-9-16-13-7-5-4-6-12(13)10-14(16)15(17)18-3/h11-14H,4-10H2,1-3H3. The molecule has 18 heavy (non-hydrogen) atoms. The lowest BCUT2D eigenvalue weighted by atomic mass is 9.84. The summed E-state index contributed by atoms with van der Waals surface area (Å²) in [5.74, 6) is 1.41. The average Bonchev–Trinajstić information content (AvgIpc) is 2.74. The highest BCUT2D eigenvalue weighted by Gasteiger charge is 2.45. The molecule has 0 amide bonds. The maximum Gasteiger partial charge on any atom is 0.323 e. The van der Waals surface area contributed by atoms with Crippen LogP contribution in [0.1, 0.15) is 52.4 Å². The highest BCUT2D eigenvalue weighted by molar-refractivity contribution is 5.76. The fourth-order valence-corrected chi connectivity index (χ4v) is 3.65. The van der Waals surface area contributed by atoms with Gasteiger partial charge in [-0.3, -0.25) is 9.69 Å². The first-order valence-corrected chi connectivity index (χ1v) is 7.47.